The maximum absolute atomic E-state index is 6.01. The van der Waals surface area contributed by atoms with Crippen LogP contribution in [0.2, 0.25) is 0 Å². The molecule has 3 rings (SSSR count). The van der Waals surface area contributed by atoms with Crippen LogP contribution in [-0.4, -0.2) is 9.78 Å². The van der Waals surface area contributed by atoms with Crippen molar-refractivity contribution in [3.8, 4) is 5.69 Å². The molecule has 1 aliphatic rings. The van der Waals surface area contributed by atoms with E-state index in [0.29, 0.717) is 5.82 Å². The highest BCUT2D eigenvalue weighted by atomic mass is 79.9. The Balaban J connectivity index is 2.18. The van der Waals surface area contributed by atoms with E-state index in [2.05, 4.69) is 46.2 Å². The molecule has 0 spiro atoms. The lowest BCUT2D eigenvalue weighted by Crippen LogP contribution is -2.05. The summed E-state index contributed by atoms with van der Waals surface area (Å²) >= 11 is 3.52. The van der Waals surface area contributed by atoms with Gasteiger partial charge < -0.3 is 5.73 Å². The number of aryl methyl sites for hydroxylation is 1. The highest BCUT2D eigenvalue weighted by Crippen LogP contribution is 2.30. The van der Waals surface area contributed by atoms with Gasteiger partial charge in [0, 0.05) is 15.7 Å². The van der Waals surface area contributed by atoms with E-state index >= 15 is 0 Å². The molecule has 18 heavy (non-hydrogen) atoms. The normalized spacial score (nSPS) is 13.9. The molecule has 94 valence electrons. The summed E-state index contributed by atoms with van der Waals surface area (Å²) in [5, 5.41) is 4.52. The average Bonchev–Trinajstić information content (AvgIpc) is 2.94. The SMILES string of the molecule is CCc1cc(Br)ccc1-n1nc(N)c2c1CCC2. The van der Waals surface area contributed by atoms with E-state index in [1.54, 1.807) is 0 Å². The Morgan fingerprint density at radius 2 is 2.22 bits per heavy atom. The number of nitrogen functional groups attached to an aromatic ring is 1. The van der Waals surface area contributed by atoms with Crippen molar-refractivity contribution in [3.05, 3.63) is 39.5 Å². The number of fused-ring (bicyclic) bond motifs is 1. The summed E-state index contributed by atoms with van der Waals surface area (Å²) in [6.07, 6.45) is 4.33. The number of anilines is 1. The molecule has 0 saturated carbocycles. The van der Waals surface area contributed by atoms with E-state index in [0.717, 1.165) is 29.4 Å². The van der Waals surface area contributed by atoms with Crippen molar-refractivity contribution in [2.24, 2.45) is 0 Å². The summed E-state index contributed by atoms with van der Waals surface area (Å²) in [4.78, 5) is 0. The number of aromatic nitrogens is 2. The first-order valence-corrected chi connectivity index (χ1v) is 7.15. The number of halogens is 1. The zero-order valence-electron chi connectivity index (χ0n) is 10.4. The molecule has 3 nitrogen and oxygen atoms in total. The number of hydrogen-bond donors (Lipinski definition) is 1. The zero-order valence-corrected chi connectivity index (χ0v) is 12.0. The van der Waals surface area contributed by atoms with Crippen LogP contribution in [0.15, 0.2) is 22.7 Å². The van der Waals surface area contributed by atoms with Crippen LogP contribution in [0.4, 0.5) is 5.82 Å². The van der Waals surface area contributed by atoms with Gasteiger partial charge in [-0.25, -0.2) is 4.68 Å². The lowest BCUT2D eigenvalue weighted by atomic mass is 10.1. The maximum Gasteiger partial charge on any atom is 0.149 e. The molecule has 0 atom stereocenters. The Morgan fingerprint density at radius 3 is 3.00 bits per heavy atom. The van der Waals surface area contributed by atoms with Gasteiger partial charge in [-0.2, -0.15) is 5.10 Å². The van der Waals surface area contributed by atoms with Gasteiger partial charge in [0.1, 0.15) is 5.82 Å². The molecule has 0 amide bonds. The van der Waals surface area contributed by atoms with Gasteiger partial charge >= 0.3 is 0 Å². The molecule has 1 aromatic carbocycles. The van der Waals surface area contributed by atoms with Crippen molar-refractivity contribution in [2.75, 3.05) is 5.73 Å². The Kier molecular flexibility index (Phi) is 2.90. The number of benzene rings is 1. The minimum atomic E-state index is 0.701. The third-order valence-corrected chi connectivity index (χ3v) is 4.11. The Labute approximate surface area is 115 Å². The molecule has 1 aromatic heterocycles. The summed E-state index contributed by atoms with van der Waals surface area (Å²) in [7, 11) is 0. The van der Waals surface area contributed by atoms with Crippen molar-refractivity contribution in [1.82, 2.24) is 9.78 Å². The van der Waals surface area contributed by atoms with E-state index < -0.39 is 0 Å². The van der Waals surface area contributed by atoms with Gasteiger partial charge in [-0.05, 0) is 49.4 Å². The van der Waals surface area contributed by atoms with Crippen LogP contribution < -0.4 is 5.73 Å². The predicted octanol–water partition coefficient (Wildman–Crippen LogP) is 3.27. The van der Waals surface area contributed by atoms with Crippen molar-refractivity contribution in [2.45, 2.75) is 32.6 Å². The Hall–Kier alpha value is -1.29. The molecule has 0 unspecified atom stereocenters. The van der Waals surface area contributed by atoms with Crippen molar-refractivity contribution in [1.29, 1.82) is 0 Å². The standard InChI is InChI=1S/C14H16BrN3/c1-2-9-8-10(15)6-7-12(9)18-13-5-3-4-11(13)14(16)17-18/h6-8H,2-5H2,1H3,(H2,16,17). The molecule has 1 aliphatic carbocycles. The van der Waals surface area contributed by atoms with Crippen molar-refractivity contribution in [3.63, 3.8) is 0 Å². The molecule has 2 N–H and O–H groups in total. The Morgan fingerprint density at radius 1 is 1.39 bits per heavy atom. The summed E-state index contributed by atoms with van der Waals surface area (Å²) in [6, 6.07) is 6.34. The van der Waals surface area contributed by atoms with Gasteiger partial charge in [0.15, 0.2) is 0 Å². The van der Waals surface area contributed by atoms with Gasteiger partial charge in [-0.3, -0.25) is 0 Å². The van der Waals surface area contributed by atoms with E-state index in [1.807, 2.05) is 4.68 Å². The first-order chi connectivity index (χ1) is 8.70. The van der Waals surface area contributed by atoms with Crippen LogP contribution in [0.1, 0.15) is 30.2 Å². The molecule has 0 bridgehead atoms. The topological polar surface area (TPSA) is 43.8 Å². The van der Waals surface area contributed by atoms with Gasteiger partial charge in [0.05, 0.1) is 5.69 Å². The first-order valence-electron chi connectivity index (χ1n) is 6.35. The van der Waals surface area contributed by atoms with Gasteiger partial charge in [-0.1, -0.05) is 22.9 Å². The molecular weight excluding hydrogens is 290 g/mol. The van der Waals surface area contributed by atoms with Crippen molar-refractivity contribution >= 4 is 21.7 Å². The highest BCUT2D eigenvalue weighted by molar-refractivity contribution is 9.10. The predicted molar refractivity (Wildman–Crippen MR) is 77.1 cm³/mol. The summed E-state index contributed by atoms with van der Waals surface area (Å²) < 4.78 is 3.16. The fourth-order valence-electron chi connectivity index (χ4n) is 2.71. The molecule has 2 aromatic rings. The second-order valence-electron chi connectivity index (χ2n) is 4.70. The second-order valence-corrected chi connectivity index (χ2v) is 5.62. The minimum Gasteiger partial charge on any atom is -0.382 e. The summed E-state index contributed by atoms with van der Waals surface area (Å²) in [5.41, 5.74) is 11.0. The molecule has 0 saturated heterocycles. The van der Waals surface area contributed by atoms with E-state index in [1.165, 1.54) is 23.2 Å². The van der Waals surface area contributed by atoms with Crippen LogP contribution in [0, 0.1) is 0 Å². The molecular formula is C14H16BrN3. The smallest absolute Gasteiger partial charge is 0.149 e. The first kappa shape index (κ1) is 11.8. The molecule has 1 heterocycles. The van der Waals surface area contributed by atoms with Gasteiger partial charge in [0.25, 0.3) is 0 Å². The lowest BCUT2D eigenvalue weighted by Gasteiger charge is -2.11. The third-order valence-electron chi connectivity index (χ3n) is 3.61. The zero-order chi connectivity index (χ0) is 12.7. The minimum absolute atomic E-state index is 0.701. The largest absolute Gasteiger partial charge is 0.382 e. The highest BCUT2D eigenvalue weighted by Gasteiger charge is 2.22. The lowest BCUT2D eigenvalue weighted by molar-refractivity contribution is 0.781. The van der Waals surface area contributed by atoms with Gasteiger partial charge in [-0.15, -0.1) is 0 Å². The van der Waals surface area contributed by atoms with E-state index in [-0.39, 0.29) is 0 Å². The second kappa shape index (κ2) is 4.43. The number of nitrogens with zero attached hydrogens (tertiary/aromatic N) is 2. The quantitative estimate of drug-likeness (QED) is 0.925. The molecule has 4 heteroatoms. The van der Waals surface area contributed by atoms with E-state index in [4.69, 9.17) is 5.73 Å². The average molecular weight is 306 g/mol. The number of hydrogen-bond acceptors (Lipinski definition) is 2. The fraction of sp³-hybridized carbons (Fsp3) is 0.357. The monoisotopic (exact) mass is 305 g/mol. The van der Waals surface area contributed by atoms with Crippen LogP contribution in [0.25, 0.3) is 5.69 Å². The molecule has 0 radical (unpaired) electrons. The molecule has 0 aliphatic heterocycles. The van der Waals surface area contributed by atoms with Crippen molar-refractivity contribution < 1.29 is 0 Å². The Bertz CT molecular complexity index is 601. The molecule has 0 fully saturated rings. The van der Waals surface area contributed by atoms with Crippen LogP contribution in [0.5, 0.6) is 0 Å². The van der Waals surface area contributed by atoms with E-state index in [9.17, 15) is 0 Å². The number of rotatable bonds is 2. The summed E-state index contributed by atoms with van der Waals surface area (Å²) in [5.74, 6) is 0.701. The third kappa shape index (κ3) is 1.75. The van der Waals surface area contributed by atoms with Crippen LogP contribution in [-0.2, 0) is 19.3 Å². The van der Waals surface area contributed by atoms with Crippen LogP contribution >= 0.6 is 15.9 Å². The fourth-order valence-corrected chi connectivity index (χ4v) is 3.12. The summed E-state index contributed by atoms with van der Waals surface area (Å²) in [6.45, 7) is 2.17. The maximum atomic E-state index is 6.01. The number of nitrogens with two attached hydrogens (primary N) is 1. The van der Waals surface area contributed by atoms with Crippen LogP contribution in [0.3, 0.4) is 0 Å². The van der Waals surface area contributed by atoms with Gasteiger partial charge in [0.2, 0.25) is 0 Å².